The summed E-state index contributed by atoms with van der Waals surface area (Å²) in [4.78, 5) is 14.2. The highest BCUT2D eigenvalue weighted by Gasteiger charge is 2.31. The summed E-state index contributed by atoms with van der Waals surface area (Å²) in [5.41, 5.74) is 2.46. The minimum atomic E-state index is 0.312. The van der Waals surface area contributed by atoms with Crippen molar-refractivity contribution in [2.75, 3.05) is 4.90 Å². The molecule has 1 aliphatic carbocycles. The normalized spacial score (nSPS) is 20.8. The van der Waals surface area contributed by atoms with Crippen LogP contribution in [0.5, 0.6) is 0 Å². The van der Waals surface area contributed by atoms with Crippen molar-refractivity contribution in [3.63, 3.8) is 0 Å². The molecule has 1 saturated carbocycles. The van der Waals surface area contributed by atoms with E-state index < -0.39 is 0 Å². The number of halogens is 1. The van der Waals surface area contributed by atoms with Gasteiger partial charge in [-0.1, -0.05) is 28.8 Å². The maximum atomic E-state index is 12.1. The lowest BCUT2D eigenvalue weighted by molar-refractivity contribution is -0.119. The molecule has 1 aliphatic heterocycles. The summed E-state index contributed by atoms with van der Waals surface area (Å²) in [5, 5.41) is 0. The molecule has 1 fully saturated rings. The van der Waals surface area contributed by atoms with Crippen LogP contribution < -0.4 is 4.90 Å². The number of carbonyl (C=O) groups excluding carboxylic acids is 1. The predicted octanol–water partition coefficient (Wildman–Crippen LogP) is 3.67. The summed E-state index contributed by atoms with van der Waals surface area (Å²) in [7, 11) is 0. The highest BCUT2D eigenvalue weighted by Crippen LogP contribution is 2.35. The van der Waals surface area contributed by atoms with E-state index >= 15 is 0 Å². The summed E-state index contributed by atoms with van der Waals surface area (Å²) in [5.74, 6) is 0.312. The number of anilines is 1. The molecular formula is C14H16BrNO. The molecule has 90 valence electrons. The fraction of sp³-hybridized carbons (Fsp3) is 0.500. The molecule has 3 heteroatoms. The van der Waals surface area contributed by atoms with E-state index in [1.54, 1.807) is 0 Å². The first kappa shape index (κ1) is 11.3. The van der Waals surface area contributed by atoms with Gasteiger partial charge in [0.1, 0.15) is 0 Å². The van der Waals surface area contributed by atoms with E-state index in [0.717, 1.165) is 16.6 Å². The van der Waals surface area contributed by atoms with Gasteiger partial charge in [-0.25, -0.2) is 0 Å². The second kappa shape index (κ2) is 4.45. The number of hydrogen-bond donors (Lipinski definition) is 0. The molecule has 0 bridgehead atoms. The van der Waals surface area contributed by atoms with Gasteiger partial charge in [-0.15, -0.1) is 0 Å². The van der Waals surface area contributed by atoms with Crippen LogP contribution in [0.2, 0.25) is 0 Å². The Morgan fingerprint density at radius 3 is 2.71 bits per heavy atom. The molecule has 17 heavy (non-hydrogen) atoms. The highest BCUT2D eigenvalue weighted by atomic mass is 79.9. The summed E-state index contributed by atoms with van der Waals surface area (Å²) in [6.07, 6.45) is 6.42. The van der Waals surface area contributed by atoms with Crippen molar-refractivity contribution in [3.8, 4) is 0 Å². The molecule has 0 spiro atoms. The summed E-state index contributed by atoms with van der Waals surface area (Å²) < 4.78 is 1.11. The van der Waals surface area contributed by atoms with Gasteiger partial charge in [0, 0.05) is 22.6 Å². The number of nitrogens with zero attached hydrogens (tertiary/aromatic N) is 1. The molecule has 0 N–H and O–H groups in total. The van der Waals surface area contributed by atoms with Crippen molar-refractivity contribution in [1.29, 1.82) is 0 Å². The van der Waals surface area contributed by atoms with Crippen LogP contribution in [0, 0.1) is 0 Å². The number of carbonyl (C=O) groups is 1. The topological polar surface area (TPSA) is 20.3 Å². The van der Waals surface area contributed by atoms with Gasteiger partial charge in [0.05, 0.1) is 0 Å². The first-order chi connectivity index (χ1) is 8.25. The Kier molecular flexibility index (Phi) is 2.95. The molecule has 3 rings (SSSR count). The van der Waals surface area contributed by atoms with Crippen molar-refractivity contribution >= 4 is 27.5 Å². The van der Waals surface area contributed by atoms with Crippen LogP contribution in [-0.4, -0.2) is 11.9 Å². The fourth-order valence-electron chi connectivity index (χ4n) is 3.05. The smallest absolute Gasteiger partial charge is 0.227 e. The number of aryl methyl sites for hydroxylation is 1. The second-order valence-corrected chi connectivity index (χ2v) is 5.89. The van der Waals surface area contributed by atoms with Gasteiger partial charge in [-0.3, -0.25) is 4.79 Å². The minimum Gasteiger partial charge on any atom is -0.309 e. The molecule has 1 heterocycles. The van der Waals surface area contributed by atoms with Crippen LogP contribution >= 0.6 is 15.9 Å². The summed E-state index contributed by atoms with van der Waals surface area (Å²) in [6, 6.07) is 6.74. The first-order valence-corrected chi connectivity index (χ1v) is 7.15. The van der Waals surface area contributed by atoms with Crippen molar-refractivity contribution in [2.24, 2.45) is 0 Å². The lowest BCUT2D eigenvalue weighted by Crippen LogP contribution is -2.41. The minimum absolute atomic E-state index is 0.312. The number of rotatable bonds is 1. The molecule has 2 aliphatic rings. The van der Waals surface area contributed by atoms with Crippen molar-refractivity contribution in [3.05, 3.63) is 28.2 Å². The van der Waals surface area contributed by atoms with E-state index in [-0.39, 0.29) is 0 Å². The van der Waals surface area contributed by atoms with Crippen molar-refractivity contribution < 1.29 is 4.79 Å². The number of hydrogen-bond acceptors (Lipinski definition) is 1. The monoisotopic (exact) mass is 293 g/mol. The van der Waals surface area contributed by atoms with E-state index in [2.05, 4.69) is 33.0 Å². The number of amides is 1. The average Bonchev–Trinajstić information content (AvgIpc) is 2.82. The first-order valence-electron chi connectivity index (χ1n) is 6.36. The van der Waals surface area contributed by atoms with E-state index in [4.69, 9.17) is 0 Å². The molecule has 1 amide bonds. The molecule has 0 radical (unpaired) electrons. The predicted molar refractivity (Wildman–Crippen MR) is 72.2 cm³/mol. The van der Waals surface area contributed by atoms with Gasteiger partial charge in [-0.05, 0) is 43.0 Å². The Bertz CT molecular complexity index is 452. The Hall–Kier alpha value is -0.830. The number of benzene rings is 1. The van der Waals surface area contributed by atoms with Gasteiger partial charge >= 0.3 is 0 Å². The van der Waals surface area contributed by atoms with Gasteiger partial charge in [0.25, 0.3) is 0 Å². The lowest BCUT2D eigenvalue weighted by Gasteiger charge is -2.34. The van der Waals surface area contributed by atoms with E-state index in [0.29, 0.717) is 18.4 Å². The molecule has 0 atom stereocenters. The average molecular weight is 294 g/mol. The maximum absolute atomic E-state index is 12.1. The van der Waals surface area contributed by atoms with Gasteiger partial charge in [-0.2, -0.15) is 0 Å². The van der Waals surface area contributed by atoms with Crippen LogP contribution in [-0.2, 0) is 11.2 Å². The lowest BCUT2D eigenvalue weighted by atomic mass is 9.99. The van der Waals surface area contributed by atoms with Crippen LogP contribution in [0.3, 0.4) is 0 Å². The largest absolute Gasteiger partial charge is 0.309 e. The molecular weight excluding hydrogens is 278 g/mol. The van der Waals surface area contributed by atoms with Gasteiger partial charge < -0.3 is 4.90 Å². The Morgan fingerprint density at radius 2 is 1.94 bits per heavy atom. The fourth-order valence-corrected chi connectivity index (χ4v) is 3.46. The van der Waals surface area contributed by atoms with Crippen LogP contribution in [0.4, 0.5) is 5.69 Å². The molecule has 1 aromatic rings. The number of fused-ring (bicyclic) bond motifs is 1. The van der Waals surface area contributed by atoms with Crippen LogP contribution in [0.25, 0.3) is 0 Å². The SMILES string of the molecule is O=C1CCc2cc(Br)ccc2N1C1CCCC1. The van der Waals surface area contributed by atoms with E-state index in [1.807, 2.05) is 6.07 Å². The zero-order valence-corrected chi connectivity index (χ0v) is 11.4. The standard InChI is InChI=1S/C14H16BrNO/c15-11-6-7-13-10(9-11)5-8-14(17)16(13)12-3-1-2-4-12/h6-7,9,12H,1-5,8H2. The third-order valence-corrected chi connectivity index (χ3v) is 4.36. The Morgan fingerprint density at radius 1 is 1.18 bits per heavy atom. The quantitative estimate of drug-likeness (QED) is 0.774. The maximum Gasteiger partial charge on any atom is 0.227 e. The van der Waals surface area contributed by atoms with E-state index in [9.17, 15) is 4.79 Å². The van der Waals surface area contributed by atoms with E-state index in [1.165, 1.54) is 31.2 Å². The Balaban J connectivity index is 2.00. The summed E-state index contributed by atoms with van der Waals surface area (Å²) in [6.45, 7) is 0. The van der Waals surface area contributed by atoms with Crippen molar-refractivity contribution in [2.45, 2.75) is 44.6 Å². The third-order valence-electron chi connectivity index (χ3n) is 3.87. The zero-order chi connectivity index (χ0) is 11.8. The Labute approximate surface area is 110 Å². The van der Waals surface area contributed by atoms with Crippen LogP contribution in [0.1, 0.15) is 37.7 Å². The highest BCUT2D eigenvalue weighted by molar-refractivity contribution is 9.10. The molecule has 0 unspecified atom stereocenters. The molecule has 1 aromatic carbocycles. The molecule has 0 aromatic heterocycles. The summed E-state index contributed by atoms with van der Waals surface area (Å²) >= 11 is 3.51. The van der Waals surface area contributed by atoms with Crippen LogP contribution in [0.15, 0.2) is 22.7 Å². The van der Waals surface area contributed by atoms with Gasteiger partial charge in [0.2, 0.25) is 5.91 Å². The molecule has 2 nitrogen and oxygen atoms in total. The van der Waals surface area contributed by atoms with Crippen molar-refractivity contribution in [1.82, 2.24) is 0 Å². The zero-order valence-electron chi connectivity index (χ0n) is 9.79. The van der Waals surface area contributed by atoms with Gasteiger partial charge in [0.15, 0.2) is 0 Å². The third kappa shape index (κ3) is 2.01. The second-order valence-electron chi connectivity index (χ2n) is 4.98. The molecule has 0 saturated heterocycles.